The summed E-state index contributed by atoms with van der Waals surface area (Å²) in [7, 11) is -7.64. The summed E-state index contributed by atoms with van der Waals surface area (Å²) < 4.78 is 53.9. The molecule has 0 spiro atoms. The molecule has 0 saturated carbocycles. The van der Waals surface area contributed by atoms with Gasteiger partial charge in [0, 0.05) is 18.7 Å². The van der Waals surface area contributed by atoms with Crippen molar-refractivity contribution in [3.05, 3.63) is 82.7 Å². The Morgan fingerprint density at radius 2 is 1.70 bits per heavy atom. The van der Waals surface area contributed by atoms with Gasteiger partial charge >= 0.3 is 0 Å². The number of thiazole rings is 1. The number of fused-ring (bicyclic) bond motifs is 2. The van der Waals surface area contributed by atoms with E-state index in [1.165, 1.54) is 52.0 Å². The first-order valence-electron chi connectivity index (χ1n) is 11.6. The van der Waals surface area contributed by atoms with E-state index in [4.69, 9.17) is 5.14 Å². The van der Waals surface area contributed by atoms with Crippen molar-refractivity contribution in [2.24, 2.45) is 10.1 Å². The molecular weight excluding hydrogens is 532 g/mol. The Balaban J connectivity index is 1.48. The molecular formula is C25H24N4O5S3. The molecule has 0 atom stereocenters. The molecule has 9 nitrogen and oxygen atoms in total. The highest BCUT2D eigenvalue weighted by atomic mass is 32.2. The van der Waals surface area contributed by atoms with Crippen LogP contribution in [0.3, 0.4) is 0 Å². The summed E-state index contributed by atoms with van der Waals surface area (Å²) in [5.41, 5.74) is 2.65. The van der Waals surface area contributed by atoms with Crippen LogP contribution in [0.4, 0.5) is 5.69 Å². The number of para-hydroxylation sites is 1. The summed E-state index contributed by atoms with van der Waals surface area (Å²) in [6.07, 6.45) is 1.42. The van der Waals surface area contributed by atoms with Crippen LogP contribution >= 0.6 is 11.3 Å². The maximum atomic E-state index is 13.2. The van der Waals surface area contributed by atoms with E-state index in [0.29, 0.717) is 34.7 Å². The molecule has 0 radical (unpaired) electrons. The second-order valence-electron chi connectivity index (χ2n) is 8.61. The molecule has 12 heteroatoms. The highest BCUT2D eigenvalue weighted by Crippen LogP contribution is 2.32. The number of aryl methyl sites for hydroxylation is 1. The van der Waals surface area contributed by atoms with Crippen molar-refractivity contribution in [1.82, 2.24) is 4.57 Å². The van der Waals surface area contributed by atoms with Crippen LogP contribution in [-0.4, -0.2) is 33.9 Å². The summed E-state index contributed by atoms with van der Waals surface area (Å²) in [5.74, 6) is -0.529. The fourth-order valence-electron chi connectivity index (χ4n) is 4.36. The van der Waals surface area contributed by atoms with E-state index in [1.54, 1.807) is 12.1 Å². The summed E-state index contributed by atoms with van der Waals surface area (Å²) in [6.45, 7) is 2.93. The number of aromatic nitrogens is 1. The van der Waals surface area contributed by atoms with Gasteiger partial charge in [0.2, 0.25) is 10.0 Å². The van der Waals surface area contributed by atoms with Gasteiger partial charge in [-0.2, -0.15) is 4.99 Å². The smallest absolute Gasteiger partial charge is 0.279 e. The molecule has 2 heterocycles. The summed E-state index contributed by atoms with van der Waals surface area (Å²) in [5, 5.41) is 5.26. The highest BCUT2D eigenvalue weighted by Gasteiger charge is 2.30. The minimum atomic E-state index is -3.87. The zero-order valence-corrected chi connectivity index (χ0v) is 22.3. The van der Waals surface area contributed by atoms with Gasteiger partial charge in [0.25, 0.3) is 15.9 Å². The van der Waals surface area contributed by atoms with Crippen LogP contribution in [0.1, 0.15) is 29.3 Å². The van der Waals surface area contributed by atoms with E-state index >= 15 is 0 Å². The average Bonchev–Trinajstić information content (AvgIpc) is 3.45. The Kier molecular flexibility index (Phi) is 6.52. The maximum Gasteiger partial charge on any atom is 0.279 e. The average molecular weight is 557 g/mol. The first-order chi connectivity index (χ1) is 17.6. The topological polar surface area (TPSA) is 132 Å². The fourth-order valence-corrected chi connectivity index (χ4v) is 7.57. The molecule has 0 fully saturated rings. The Bertz CT molecular complexity index is 1810. The number of anilines is 1. The summed E-state index contributed by atoms with van der Waals surface area (Å²) in [4.78, 5) is 17.8. The van der Waals surface area contributed by atoms with Crippen molar-refractivity contribution in [2.75, 3.05) is 10.8 Å². The first kappa shape index (κ1) is 25.3. The standard InChI is InChI=1S/C25H24N4O5S3/c1-2-14-28-22-12-11-20(36(26,31)32)16-23(22)35-25(28)27-24(30)18-7-9-19(10-8-18)37(33,34)29-15-13-17-5-3-4-6-21(17)29/h3-12,16H,2,13-15H2,1H3,(H2,26,31,32). The third-order valence-electron chi connectivity index (χ3n) is 6.16. The summed E-state index contributed by atoms with van der Waals surface area (Å²) >= 11 is 1.19. The van der Waals surface area contributed by atoms with Crippen LogP contribution in [0, 0.1) is 0 Å². The number of nitrogens with zero attached hydrogens (tertiary/aromatic N) is 3. The number of rotatable bonds is 6. The van der Waals surface area contributed by atoms with Gasteiger partial charge in [0.05, 0.1) is 25.7 Å². The number of carbonyl (C=O) groups is 1. The molecule has 0 aliphatic carbocycles. The lowest BCUT2D eigenvalue weighted by atomic mass is 10.2. The lowest BCUT2D eigenvalue weighted by Crippen LogP contribution is -2.29. The predicted molar refractivity (Wildman–Crippen MR) is 142 cm³/mol. The van der Waals surface area contributed by atoms with E-state index in [1.807, 2.05) is 29.7 Å². The lowest BCUT2D eigenvalue weighted by Gasteiger charge is -2.19. The van der Waals surface area contributed by atoms with E-state index in [2.05, 4.69) is 4.99 Å². The van der Waals surface area contributed by atoms with E-state index in [0.717, 1.165) is 17.5 Å². The third-order valence-corrected chi connectivity index (χ3v) is 9.94. The van der Waals surface area contributed by atoms with E-state index < -0.39 is 26.0 Å². The zero-order chi connectivity index (χ0) is 26.4. The van der Waals surface area contributed by atoms with Crippen LogP contribution in [0.15, 0.2) is 81.5 Å². The lowest BCUT2D eigenvalue weighted by molar-refractivity contribution is 0.0997. The maximum absolute atomic E-state index is 13.2. The van der Waals surface area contributed by atoms with Crippen LogP contribution in [-0.2, 0) is 33.0 Å². The van der Waals surface area contributed by atoms with Gasteiger partial charge in [-0.3, -0.25) is 9.10 Å². The number of benzene rings is 3. The van der Waals surface area contributed by atoms with Crippen LogP contribution in [0.5, 0.6) is 0 Å². The van der Waals surface area contributed by atoms with Gasteiger partial charge in [-0.25, -0.2) is 22.0 Å². The first-order valence-corrected chi connectivity index (χ1v) is 15.4. The Hall–Kier alpha value is -3.32. The molecule has 5 rings (SSSR count). The van der Waals surface area contributed by atoms with Crippen molar-refractivity contribution in [3.8, 4) is 0 Å². The number of hydrogen-bond acceptors (Lipinski definition) is 6. The SMILES string of the molecule is CCCn1c(=NC(=O)c2ccc(S(=O)(=O)N3CCc4ccccc43)cc2)sc2cc(S(N)(=O)=O)ccc21. The number of hydrogen-bond donors (Lipinski definition) is 1. The molecule has 3 aromatic carbocycles. The van der Waals surface area contributed by atoms with E-state index in [9.17, 15) is 21.6 Å². The molecule has 0 saturated heterocycles. The van der Waals surface area contributed by atoms with Crippen LogP contribution < -0.4 is 14.2 Å². The molecule has 2 N–H and O–H groups in total. The minimum absolute atomic E-state index is 0.0137. The van der Waals surface area contributed by atoms with Gasteiger partial charge in [0.1, 0.15) is 0 Å². The van der Waals surface area contributed by atoms with Crippen LogP contribution in [0.25, 0.3) is 10.2 Å². The molecule has 192 valence electrons. The molecule has 4 aromatic rings. The van der Waals surface area contributed by atoms with Gasteiger partial charge in [-0.1, -0.05) is 36.5 Å². The molecule has 0 bridgehead atoms. The van der Waals surface area contributed by atoms with Gasteiger partial charge in [-0.15, -0.1) is 0 Å². The molecule has 0 unspecified atom stereocenters. The summed E-state index contributed by atoms with van der Waals surface area (Å²) in [6, 6.07) is 17.7. The van der Waals surface area contributed by atoms with Crippen LogP contribution in [0.2, 0.25) is 0 Å². The molecule has 1 aromatic heterocycles. The molecule has 1 amide bonds. The predicted octanol–water partition coefficient (Wildman–Crippen LogP) is 3.25. The number of sulfonamides is 2. The molecule has 1 aliphatic heterocycles. The number of nitrogens with two attached hydrogens (primary N) is 1. The second-order valence-corrected chi connectivity index (χ2v) is 13.0. The Labute approximate surface area is 218 Å². The number of amides is 1. The number of carbonyl (C=O) groups excluding carboxylic acids is 1. The normalized spacial score (nSPS) is 14.3. The van der Waals surface area contributed by atoms with Crippen molar-refractivity contribution in [1.29, 1.82) is 0 Å². The van der Waals surface area contributed by atoms with Gasteiger partial charge in [0.15, 0.2) is 4.80 Å². The quantitative estimate of drug-likeness (QED) is 0.389. The van der Waals surface area contributed by atoms with Crippen molar-refractivity contribution >= 4 is 53.2 Å². The number of primary sulfonamides is 1. The monoisotopic (exact) mass is 556 g/mol. The third kappa shape index (κ3) is 4.73. The van der Waals surface area contributed by atoms with Gasteiger partial charge < -0.3 is 4.57 Å². The van der Waals surface area contributed by atoms with E-state index in [-0.39, 0.29) is 15.4 Å². The second kappa shape index (κ2) is 9.53. The largest absolute Gasteiger partial charge is 0.316 e. The highest BCUT2D eigenvalue weighted by molar-refractivity contribution is 7.92. The van der Waals surface area contributed by atoms with Crippen molar-refractivity contribution in [3.63, 3.8) is 0 Å². The van der Waals surface area contributed by atoms with Crippen molar-refractivity contribution in [2.45, 2.75) is 36.1 Å². The van der Waals surface area contributed by atoms with Crippen molar-refractivity contribution < 1.29 is 21.6 Å². The Morgan fingerprint density at radius 3 is 2.41 bits per heavy atom. The molecule has 1 aliphatic rings. The minimum Gasteiger partial charge on any atom is -0.316 e. The van der Waals surface area contributed by atoms with Gasteiger partial charge in [-0.05, 0) is 66.9 Å². The molecule has 37 heavy (non-hydrogen) atoms. The Morgan fingerprint density at radius 1 is 1.00 bits per heavy atom. The fraction of sp³-hybridized carbons (Fsp3) is 0.200. The zero-order valence-electron chi connectivity index (χ0n) is 19.9.